The Balaban J connectivity index is 0.000000261. The molecule has 0 saturated heterocycles. The first-order valence-corrected chi connectivity index (χ1v) is 3.94. The highest BCUT2D eigenvalue weighted by molar-refractivity contribution is 5.20. The van der Waals surface area contributed by atoms with Crippen LogP contribution in [0, 0.1) is 0 Å². The summed E-state index contributed by atoms with van der Waals surface area (Å²) in [4.78, 5) is 0. The summed E-state index contributed by atoms with van der Waals surface area (Å²) in [7, 11) is 1.66. The van der Waals surface area contributed by atoms with E-state index < -0.39 is 0 Å². The summed E-state index contributed by atoms with van der Waals surface area (Å²) in [5.41, 5.74) is 0. The smallest absolute Gasteiger partial charge is 0.118 e. The second-order valence-electron chi connectivity index (χ2n) is 2.61. The van der Waals surface area contributed by atoms with Gasteiger partial charge < -0.3 is 9.84 Å². The molecule has 0 amide bonds. The monoisotopic (exact) mass is 168 g/mol. The van der Waals surface area contributed by atoms with Crippen molar-refractivity contribution in [2.45, 2.75) is 20.0 Å². The zero-order valence-corrected chi connectivity index (χ0v) is 7.82. The number of rotatable bonds is 1. The van der Waals surface area contributed by atoms with Crippen LogP contribution >= 0.6 is 0 Å². The number of aliphatic hydroxyl groups excluding tert-OH is 1. The van der Waals surface area contributed by atoms with E-state index in [1.165, 1.54) is 0 Å². The van der Waals surface area contributed by atoms with Crippen LogP contribution in [0.4, 0.5) is 0 Å². The molecule has 0 bridgehead atoms. The first kappa shape index (κ1) is 11.0. The lowest BCUT2D eigenvalue weighted by atomic mass is 10.3. The average molecular weight is 168 g/mol. The first-order chi connectivity index (χ1) is 5.66. The van der Waals surface area contributed by atoms with Gasteiger partial charge in [0.25, 0.3) is 0 Å². The largest absolute Gasteiger partial charge is 0.497 e. The molecule has 0 fully saturated rings. The fraction of sp³-hybridized carbons (Fsp3) is 0.400. The maximum atomic E-state index is 8.06. The van der Waals surface area contributed by atoms with Crippen LogP contribution in [-0.4, -0.2) is 18.3 Å². The molecule has 0 saturated carbocycles. The van der Waals surface area contributed by atoms with Gasteiger partial charge in [-0.2, -0.15) is 0 Å². The molecule has 12 heavy (non-hydrogen) atoms. The van der Waals surface area contributed by atoms with E-state index in [1.54, 1.807) is 21.0 Å². The summed E-state index contributed by atoms with van der Waals surface area (Å²) >= 11 is 0. The summed E-state index contributed by atoms with van der Waals surface area (Å²) in [6.07, 6.45) is -0.167. The molecule has 0 aliphatic carbocycles. The molecule has 0 aromatic heterocycles. The molecule has 0 spiro atoms. The summed E-state index contributed by atoms with van der Waals surface area (Å²) < 4.78 is 4.91. The van der Waals surface area contributed by atoms with Crippen LogP contribution < -0.4 is 4.74 Å². The van der Waals surface area contributed by atoms with Crippen molar-refractivity contribution in [3.8, 4) is 5.75 Å². The number of hydrogen-bond acceptors (Lipinski definition) is 2. The molecule has 0 radical (unpaired) electrons. The van der Waals surface area contributed by atoms with Gasteiger partial charge in [-0.05, 0) is 26.0 Å². The highest BCUT2D eigenvalue weighted by atomic mass is 16.5. The van der Waals surface area contributed by atoms with Gasteiger partial charge in [-0.25, -0.2) is 0 Å². The van der Waals surface area contributed by atoms with E-state index in [9.17, 15) is 0 Å². The molecule has 0 atom stereocenters. The van der Waals surface area contributed by atoms with Crippen LogP contribution in [0.3, 0.4) is 0 Å². The Labute approximate surface area is 73.8 Å². The lowest BCUT2D eigenvalue weighted by molar-refractivity contribution is 0.216. The highest BCUT2D eigenvalue weighted by Gasteiger charge is 1.80. The summed E-state index contributed by atoms with van der Waals surface area (Å²) in [5.74, 6) is 0.910. The lowest BCUT2D eigenvalue weighted by Crippen LogP contribution is -1.85. The summed E-state index contributed by atoms with van der Waals surface area (Å²) in [6, 6.07) is 9.68. The molecule has 0 aliphatic heterocycles. The van der Waals surface area contributed by atoms with Crippen LogP contribution in [0.15, 0.2) is 30.3 Å². The molecule has 0 unspecified atom stereocenters. The van der Waals surface area contributed by atoms with Crippen molar-refractivity contribution in [2.24, 2.45) is 0 Å². The van der Waals surface area contributed by atoms with E-state index >= 15 is 0 Å². The van der Waals surface area contributed by atoms with Crippen LogP contribution in [-0.2, 0) is 0 Å². The fourth-order valence-electron chi connectivity index (χ4n) is 0.557. The molecule has 1 aromatic rings. The maximum Gasteiger partial charge on any atom is 0.118 e. The Morgan fingerprint density at radius 1 is 1.17 bits per heavy atom. The summed E-state index contributed by atoms with van der Waals surface area (Å²) in [5, 5.41) is 8.06. The third-order valence-electron chi connectivity index (χ3n) is 0.979. The molecule has 1 aromatic carbocycles. The van der Waals surface area contributed by atoms with Gasteiger partial charge in [0.2, 0.25) is 0 Å². The minimum Gasteiger partial charge on any atom is -0.497 e. The van der Waals surface area contributed by atoms with E-state index in [1.807, 2.05) is 30.3 Å². The van der Waals surface area contributed by atoms with E-state index in [0.717, 1.165) is 5.75 Å². The predicted octanol–water partition coefficient (Wildman–Crippen LogP) is 2.08. The average Bonchev–Trinajstić information content (AvgIpc) is 2.05. The van der Waals surface area contributed by atoms with Gasteiger partial charge >= 0.3 is 0 Å². The molecule has 1 rings (SSSR count). The van der Waals surface area contributed by atoms with Crippen molar-refractivity contribution in [3.05, 3.63) is 30.3 Å². The molecule has 68 valence electrons. The molecular weight excluding hydrogens is 152 g/mol. The topological polar surface area (TPSA) is 29.5 Å². The third kappa shape index (κ3) is 7.09. The number of ether oxygens (including phenoxy) is 1. The minimum absolute atomic E-state index is 0.167. The zero-order chi connectivity index (χ0) is 9.40. The van der Waals surface area contributed by atoms with Crippen LogP contribution in [0.2, 0.25) is 0 Å². The van der Waals surface area contributed by atoms with Gasteiger partial charge in [-0.3, -0.25) is 0 Å². The number of methoxy groups -OCH3 is 1. The van der Waals surface area contributed by atoms with Crippen molar-refractivity contribution in [1.29, 1.82) is 0 Å². The van der Waals surface area contributed by atoms with E-state index in [-0.39, 0.29) is 6.10 Å². The van der Waals surface area contributed by atoms with Crippen molar-refractivity contribution >= 4 is 0 Å². The normalized spacial score (nSPS) is 8.75. The van der Waals surface area contributed by atoms with Crippen molar-refractivity contribution in [1.82, 2.24) is 0 Å². The quantitative estimate of drug-likeness (QED) is 0.695. The second kappa shape index (κ2) is 6.68. The Kier molecular flexibility index (Phi) is 6.11. The number of aliphatic hydroxyl groups is 1. The molecule has 2 nitrogen and oxygen atoms in total. The third-order valence-corrected chi connectivity index (χ3v) is 0.979. The number of para-hydroxylation sites is 1. The zero-order valence-electron chi connectivity index (χ0n) is 7.82. The van der Waals surface area contributed by atoms with E-state index in [2.05, 4.69) is 0 Å². The molecule has 1 N–H and O–H groups in total. The van der Waals surface area contributed by atoms with Gasteiger partial charge in [0.05, 0.1) is 7.11 Å². The molecule has 2 heteroatoms. The van der Waals surface area contributed by atoms with E-state index in [4.69, 9.17) is 9.84 Å². The second-order valence-corrected chi connectivity index (χ2v) is 2.61. The van der Waals surface area contributed by atoms with Gasteiger partial charge in [0.15, 0.2) is 0 Å². The Morgan fingerprint density at radius 2 is 1.58 bits per heavy atom. The van der Waals surface area contributed by atoms with Crippen molar-refractivity contribution in [2.75, 3.05) is 7.11 Å². The Bertz CT molecular complexity index is 180. The maximum absolute atomic E-state index is 8.06. The SMILES string of the molecule is CC(C)O.COc1ccccc1. The van der Waals surface area contributed by atoms with Gasteiger partial charge in [0, 0.05) is 6.10 Å². The number of hydrogen-bond donors (Lipinski definition) is 1. The molecular formula is C10H16O2. The van der Waals surface area contributed by atoms with Gasteiger partial charge in [-0.15, -0.1) is 0 Å². The van der Waals surface area contributed by atoms with Crippen LogP contribution in [0.5, 0.6) is 5.75 Å². The first-order valence-electron chi connectivity index (χ1n) is 3.94. The highest BCUT2D eigenvalue weighted by Crippen LogP contribution is 2.05. The predicted molar refractivity (Wildman–Crippen MR) is 50.3 cm³/mol. The van der Waals surface area contributed by atoms with E-state index in [0.29, 0.717) is 0 Å². The Hall–Kier alpha value is -1.02. The van der Waals surface area contributed by atoms with Gasteiger partial charge in [-0.1, -0.05) is 18.2 Å². The number of benzene rings is 1. The van der Waals surface area contributed by atoms with Crippen molar-refractivity contribution < 1.29 is 9.84 Å². The van der Waals surface area contributed by atoms with Crippen molar-refractivity contribution in [3.63, 3.8) is 0 Å². The van der Waals surface area contributed by atoms with Crippen LogP contribution in [0.1, 0.15) is 13.8 Å². The summed E-state index contributed by atoms with van der Waals surface area (Å²) in [6.45, 7) is 3.44. The van der Waals surface area contributed by atoms with Gasteiger partial charge in [0.1, 0.15) is 5.75 Å². The van der Waals surface area contributed by atoms with Crippen LogP contribution in [0.25, 0.3) is 0 Å². The minimum atomic E-state index is -0.167. The standard InChI is InChI=1S/C7H8O.C3H8O/c1-8-7-5-3-2-4-6-7;1-3(2)4/h2-6H,1H3;3-4H,1-2H3. The molecule has 0 aliphatic rings. The molecule has 0 heterocycles. The fourth-order valence-corrected chi connectivity index (χ4v) is 0.557. The lowest BCUT2D eigenvalue weighted by Gasteiger charge is -1.93. The Morgan fingerprint density at radius 3 is 1.83 bits per heavy atom.